The number of aryl methyl sites for hydroxylation is 1. The van der Waals surface area contributed by atoms with E-state index >= 15 is 0 Å². The van der Waals surface area contributed by atoms with Gasteiger partial charge in [-0.2, -0.15) is 4.98 Å². The number of aromatic nitrogens is 3. The minimum absolute atomic E-state index is 0.0503. The molecule has 1 fully saturated rings. The van der Waals surface area contributed by atoms with Crippen LogP contribution in [0.2, 0.25) is 0 Å². The molecule has 4 aromatic rings. The van der Waals surface area contributed by atoms with Gasteiger partial charge in [-0.15, -0.1) is 0 Å². The second kappa shape index (κ2) is 6.88. The van der Waals surface area contributed by atoms with E-state index in [4.69, 9.17) is 4.52 Å². The summed E-state index contributed by atoms with van der Waals surface area (Å²) in [5.74, 6) is 1.05. The lowest BCUT2D eigenvalue weighted by Crippen LogP contribution is -2.52. The molecule has 5 rings (SSSR count). The fourth-order valence-corrected chi connectivity index (χ4v) is 4.11. The number of carbonyl (C=O) groups is 1. The van der Waals surface area contributed by atoms with Gasteiger partial charge in [0.1, 0.15) is 12.1 Å². The van der Waals surface area contributed by atoms with Crippen LogP contribution in [0, 0.1) is 6.92 Å². The average Bonchev–Trinajstić information content (AvgIpc) is 3.30. The summed E-state index contributed by atoms with van der Waals surface area (Å²) in [6, 6.07) is 20.4. The Morgan fingerprint density at radius 1 is 1.14 bits per heavy atom. The number of rotatable bonds is 5. The van der Waals surface area contributed by atoms with Crippen molar-refractivity contribution in [2.24, 2.45) is 0 Å². The lowest BCUT2D eigenvalue weighted by atomic mass is 9.76. The minimum atomic E-state index is -0.509. The number of amides is 1. The van der Waals surface area contributed by atoms with Crippen molar-refractivity contribution in [2.45, 2.75) is 38.3 Å². The zero-order valence-electron chi connectivity index (χ0n) is 16.3. The molecule has 0 spiro atoms. The van der Waals surface area contributed by atoms with E-state index in [1.54, 1.807) is 6.92 Å². The van der Waals surface area contributed by atoms with E-state index in [1.165, 1.54) is 0 Å². The van der Waals surface area contributed by atoms with Gasteiger partial charge in [0.2, 0.25) is 11.8 Å². The normalized spacial score (nSPS) is 15.2. The van der Waals surface area contributed by atoms with Crippen molar-refractivity contribution in [1.82, 2.24) is 20.0 Å². The van der Waals surface area contributed by atoms with E-state index in [0.717, 1.165) is 41.4 Å². The maximum Gasteiger partial charge on any atom is 0.240 e. The molecule has 0 radical (unpaired) electrons. The van der Waals surface area contributed by atoms with Crippen LogP contribution in [0.3, 0.4) is 0 Å². The van der Waals surface area contributed by atoms with Crippen LogP contribution in [-0.2, 0) is 16.9 Å². The second-order valence-electron chi connectivity index (χ2n) is 7.66. The number of para-hydroxylation sites is 1. The van der Waals surface area contributed by atoms with E-state index in [9.17, 15) is 4.79 Å². The van der Waals surface area contributed by atoms with Gasteiger partial charge in [-0.05, 0) is 37.0 Å². The van der Waals surface area contributed by atoms with Crippen LogP contribution in [-0.4, -0.2) is 20.6 Å². The highest BCUT2D eigenvalue weighted by atomic mass is 16.5. The quantitative estimate of drug-likeness (QED) is 0.558. The molecule has 6 nitrogen and oxygen atoms in total. The van der Waals surface area contributed by atoms with Crippen molar-refractivity contribution in [3.63, 3.8) is 0 Å². The lowest BCUT2D eigenvalue weighted by Gasteiger charge is -2.39. The molecule has 1 aliphatic carbocycles. The van der Waals surface area contributed by atoms with Crippen molar-refractivity contribution < 1.29 is 9.32 Å². The molecule has 0 unspecified atom stereocenters. The summed E-state index contributed by atoms with van der Waals surface area (Å²) in [7, 11) is 0. The van der Waals surface area contributed by atoms with E-state index in [1.807, 2.05) is 30.3 Å². The molecule has 0 aliphatic heterocycles. The Morgan fingerprint density at radius 3 is 2.59 bits per heavy atom. The third-order valence-electron chi connectivity index (χ3n) is 5.72. The lowest BCUT2D eigenvalue weighted by molar-refractivity contribution is -0.125. The molecule has 2 aromatic heterocycles. The molecule has 0 bridgehead atoms. The van der Waals surface area contributed by atoms with Gasteiger partial charge < -0.3 is 14.4 Å². The Hall–Kier alpha value is -3.41. The monoisotopic (exact) mass is 386 g/mol. The van der Waals surface area contributed by atoms with Gasteiger partial charge in [-0.25, -0.2) is 0 Å². The van der Waals surface area contributed by atoms with Crippen LogP contribution in [0.1, 0.15) is 31.0 Å². The molecule has 1 saturated carbocycles. The molecule has 1 aliphatic rings. The first-order valence-corrected chi connectivity index (χ1v) is 9.90. The average molecular weight is 386 g/mol. The van der Waals surface area contributed by atoms with E-state index in [2.05, 4.69) is 50.4 Å². The predicted octanol–water partition coefficient (Wildman–Crippen LogP) is 4.20. The number of hydrogen-bond donors (Lipinski definition) is 1. The Bertz CT molecular complexity index is 1170. The Morgan fingerprint density at radius 2 is 1.90 bits per heavy atom. The van der Waals surface area contributed by atoms with E-state index in [0.29, 0.717) is 11.7 Å². The van der Waals surface area contributed by atoms with Crippen molar-refractivity contribution in [3.8, 4) is 11.3 Å². The molecular weight excluding hydrogens is 364 g/mol. The van der Waals surface area contributed by atoms with Gasteiger partial charge in [-0.1, -0.05) is 53.7 Å². The zero-order valence-corrected chi connectivity index (χ0v) is 16.3. The molecule has 1 N–H and O–H groups in total. The molecular formula is C23H22N4O2. The van der Waals surface area contributed by atoms with Crippen molar-refractivity contribution in [3.05, 3.63) is 72.4 Å². The van der Waals surface area contributed by atoms with Crippen LogP contribution in [0.4, 0.5) is 0 Å². The van der Waals surface area contributed by atoms with Crippen LogP contribution >= 0.6 is 0 Å². The summed E-state index contributed by atoms with van der Waals surface area (Å²) in [5, 5.41) is 8.38. The van der Waals surface area contributed by atoms with Crippen molar-refractivity contribution >= 4 is 16.8 Å². The highest BCUT2D eigenvalue weighted by molar-refractivity contribution is 5.89. The first-order valence-electron chi connectivity index (χ1n) is 9.90. The summed E-state index contributed by atoms with van der Waals surface area (Å²) in [6.07, 6.45) is 2.70. The fraction of sp³-hybridized carbons (Fsp3) is 0.261. The van der Waals surface area contributed by atoms with Gasteiger partial charge in [0.25, 0.3) is 0 Å². The highest BCUT2D eigenvalue weighted by Gasteiger charge is 2.44. The SMILES string of the molecule is Cc1nc(C2(NC(=O)Cn3c(-c4ccccc4)cc4ccccc43)CCC2)no1. The summed E-state index contributed by atoms with van der Waals surface area (Å²) in [6.45, 7) is 2.00. The number of nitrogens with one attached hydrogen (secondary N) is 1. The topological polar surface area (TPSA) is 73.0 Å². The van der Waals surface area contributed by atoms with Gasteiger partial charge >= 0.3 is 0 Å². The van der Waals surface area contributed by atoms with E-state index in [-0.39, 0.29) is 12.5 Å². The van der Waals surface area contributed by atoms with E-state index < -0.39 is 5.54 Å². The Kier molecular flexibility index (Phi) is 4.19. The molecule has 2 heterocycles. The number of benzene rings is 2. The fourth-order valence-electron chi connectivity index (χ4n) is 4.11. The van der Waals surface area contributed by atoms with Crippen molar-refractivity contribution in [2.75, 3.05) is 0 Å². The number of fused-ring (bicyclic) bond motifs is 1. The van der Waals surface area contributed by atoms with Crippen LogP contribution in [0.15, 0.2) is 65.2 Å². The number of hydrogen-bond acceptors (Lipinski definition) is 4. The largest absolute Gasteiger partial charge is 0.342 e. The molecule has 0 atom stereocenters. The minimum Gasteiger partial charge on any atom is -0.342 e. The third-order valence-corrected chi connectivity index (χ3v) is 5.72. The molecule has 6 heteroatoms. The second-order valence-corrected chi connectivity index (χ2v) is 7.66. The summed E-state index contributed by atoms with van der Waals surface area (Å²) < 4.78 is 7.23. The Balaban J connectivity index is 1.48. The molecule has 0 saturated heterocycles. The number of nitrogens with zero attached hydrogens (tertiary/aromatic N) is 3. The number of carbonyl (C=O) groups excluding carboxylic acids is 1. The summed E-state index contributed by atoms with van der Waals surface area (Å²) in [4.78, 5) is 17.5. The first-order chi connectivity index (χ1) is 14.1. The van der Waals surface area contributed by atoms with Gasteiger partial charge in [-0.3, -0.25) is 4.79 Å². The predicted molar refractivity (Wildman–Crippen MR) is 110 cm³/mol. The smallest absolute Gasteiger partial charge is 0.240 e. The maximum absolute atomic E-state index is 13.1. The van der Waals surface area contributed by atoms with Crippen LogP contribution < -0.4 is 5.32 Å². The molecule has 29 heavy (non-hydrogen) atoms. The highest BCUT2D eigenvalue weighted by Crippen LogP contribution is 2.40. The zero-order chi connectivity index (χ0) is 19.8. The van der Waals surface area contributed by atoms with Gasteiger partial charge in [0.05, 0.1) is 0 Å². The summed E-state index contributed by atoms with van der Waals surface area (Å²) >= 11 is 0. The Labute approximate surface area is 168 Å². The van der Waals surface area contributed by atoms with Gasteiger partial charge in [0.15, 0.2) is 5.82 Å². The molecule has 146 valence electrons. The van der Waals surface area contributed by atoms with Gasteiger partial charge in [0, 0.05) is 23.5 Å². The first kappa shape index (κ1) is 17.7. The maximum atomic E-state index is 13.1. The molecule has 1 amide bonds. The standard InChI is InChI=1S/C23H22N4O2/c1-16-24-22(26-29-16)23(12-7-13-23)25-21(28)15-27-19-11-6-5-10-18(19)14-20(27)17-8-3-2-4-9-17/h2-6,8-11,14H,7,12-13,15H2,1H3,(H,25,28). The van der Waals surface area contributed by atoms with Crippen LogP contribution in [0.25, 0.3) is 22.2 Å². The third kappa shape index (κ3) is 3.10. The van der Waals surface area contributed by atoms with Crippen LogP contribution in [0.5, 0.6) is 0 Å². The molecule has 2 aromatic carbocycles. The van der Waals surface area contributed by atoms with Crippen molar-refractivity contribution in [1.29, 1.82) is 0 Å². The summed E-state index contributed by atoms with van der Waals surface area (Å²) in [5.41, 5.74) is 2.65.